The number of nitrogens with one attached hydrogen (secondary N) is 1. The molecular weight excluding hydrogens is 354 g/mol. The summed E-state index contributed by atoms with van der Waals surface area (Å²) in [6, 6.07) is 4.04. The van der Waals surface area contributed by atoms with Gasteiger partial charge in [-0.05, 0) is 30.5 Å². The fraction of sp³-hybridized carbons (Fsp3) is 0.500. The van der Waals surface area contributed by atoms with Crippen LogP contribution in [0.15, 0.2) is 18.2 Å². The molecule has 2 aromatic rings. The molecule has 0 aliphatic heterocycles. The summed E-state index contributed by atoms with van der Waals surface area (Å²) in [5.41, 5.74) is 7.33. The zero-order valence-corrected chi connectivity index (χ0v) is 15.7. The summed E-state index contributed by atoms with van der Waals surface area (Å²) >= 11 is 0. The summed E-state index contributed by atoms with van der Waals surface area (Å²) in [7, 11) is 1.84. The SMILES string of the molecule is CC(C)C[C@H](N)C(=O)NCCc1nc2ccc(F)cc2n1C.Cl.Cl. The molecule has 0 saturated carbocycles. The van der Waals surface area contributed by atoms with Gasteiger partial charge in [0.25, 0.3) is 0 Å². The second-order valence-electron chi connectivity index (χ2n) is 6.00. The van der Waals surface area contributed by atoms with Gasteiger partial charge in [0.15, 0.2) is 0 Å². The number of amides is 1. The van der Waals surface area contributed by atoms with E-state index in [4.69, 9.17) is 5.73 Å². The van der Waals surface area contributed by atoms with E-state index < -0.39 is 6.04 Å². The molecule has 5 nitrogen and oxygen atoms in total. The maximum atomic E-state index is 13.3. The van der Waals surface area contributed by atoms with Crippen LogP contribution in [0.2, 0.25) is 0 Å². The number of benzene rings is 1. The zero-order valence-electron chi connectivity index (χ0n) is 14.1. The van der Waals surface area contributed by atoms with E-state index in [0.29, 0.717) is 25.3 Å². The highest BCUT2D eigenvalue weighted by molar-refractivity contribution is 5.85. The first-order valence-corrected chi connectivity index (χ1v) is 7.52. The molecule has 0 unspecified atom stereocenters. The maximum absolute atomic E-state index is 13.3. The number of nitrogens with two attached hydrogens (primary N) is 1. The molecule has 2 rings (SSSR count). The molecule has 0 bridgehead atoms. The predicted molar refractivity (Wildman–Crippen MR) is 99.3 cm³/mol. The minimum Gasteiger partial charge on any atom is -0.354 e. The normalized spacial score (nSPS) is 11.8. The van der Waals surface area contributed by atoms with Crippen LogP contribution in [-0.2, 0) is 18.3 Å². The van der Waals surface area contributed by atoms with E-state index in [1.165, 1.54) is 12.1 Å². The van der Waals surface area contributed by atoms with E-state index in [0.717, 1.165) is 16.9 Å². The number of halogens is 3. The first-order chi connectivity index (χ1) is 10.4. The molecule has 1 aromatic carbocycles. The Morgan fingerprint density at radius 2 is 2.04 bits per heavy atom. The number of hydrogen-bond donors (Lipinski definition) is 2. The highest BCUT2D eigenvalue weighted by atomic mass is 35.5. The van der Waals surface area contributed by atoms with E-state index in [1.54, 1.807) is 6.07 Å². The van der Waals surface area contributed by atoms with Crippen LogP contribution in [0.4, 0.5) is 4.39 Å². The molecule has 1 atom stereocenters. The van der Waals surface area contributed by atoms with Crippen molar-refractivity contribution >= 4 is 41.8 Å². The molecule has 0 aliphatic carbocycles. The molecule has 24 heavy (non-hydrogen) atoms. The first kappa shape index (κ1) is 22.6. The average molecular weight is 379 g/mol. The number of carbonyl (C=O) groups excluding carboxylic acids is 1. The molecule has 0 radical (unpaired) electrons. The first-order valence-electron chi connectivity index (χ1n) is 7.52. The van der Waals surface area contributed by atoms with Crippen LogP contribution >= 0.6 is 24.8 Å². The molecule has 1 amide bonds. The Labute approximate surface area is 154 Å². The lowest BCUT2D eigenvalue weighted by Crippen LogP contribution is -2.42. The Balaban J connectivity index is 0.00000264. The minimum absolute atomic E-state index is 0. The number of imidazole rings is 1. The lowest BCUT2D eigenvalue weighted by molar-refractivity contribution is -0.122. The number of carbonyl (C=O) groups is 1. The van der Waals surface area contributed by atoms with Crippen LogP contribution in [-0.4, -0.2) is 28.0 Å². The van der Waals surface area contributed by atoms with Gasteiger partial charge in [-0.15, -0.1) is 24.8 Å². The van der Waals surface area contributed by atoms with Crippen molar-refractivity contribution in [2.24, 2.45) is 18.7 Å². The highest BCUT2D eigenvalue weighted by Gasteiger charge is 2.15. The van der Waals surface area contributed by atoms with Gasteiger partial charge in [-0.25, -0.2) is 9.37 Å². The van der Waals surface area contributed by atoms with Gasteiger partial charge in [-0.2, -0.15) is 0 Å². The van der Waals surface area contributed by atoms with E-state index in [1.807, 2.05) is 25.5 Å². The topological polar surface area (TPSA) is 72.9 Å². The fourth-order valence-electron chi connectivity index (χ4n) is 2.48. The summed E-state index contributed by atoms with van der Waals surface area (Å²) in [4.78, 5) is 16.3. The largest absolute Gasteiger partial charge is 0.354 e. The molecule has 0 fully saturated rings. The standard InChI is InChI=1S/C16H23FN4O.2ClH/c1-10(2)8-12(18)16(22)19-7-6-15-20-13-5-4-11(17)9-14(13)21(15)3;;/h4-5,9-10,12H,6-8,18H2,1-3H3,(H,19,22);2*1H/t12-;;/m0../s1. The Morgan fingerprint density at radius 1 is 1.38 bits per heavy atom. The van der Waals surface area contributed by atoms with Gasteiger partial charge in [-0.1, -0.05) is 13.8 Å². The number of aromatic nitrogens is 2. The van der Waals surface area contributed by atoms with Crippen molar-refractivity contribution in [2.75, 3.05) is 6.54 Å². The number of hydrogen-bond acceptors (Lipinski definition) is 3. The molecule has 0 spiro atoms. The maximum Gasteiger partial charge on any atom is 0.236 e. The van der Waals surface area contributed by atoms with Gasteiger partial charge < -0.3 is 15.6 Å². The molecule has 8 heteroatoms. The van der Waals surface area contributed by atoms with Gasteiger partial charge in [0.1, 0.15) is 11.6 Å². The van der Waals surface area contributed by atoms with E-state index in [2.05, 4.69) is 10.3 Å². The monoisotopic (exact) mass is 378 g/mol. The van der Waals surface area contributed by atoms with Crippen LogP contribution in [0.25, 0.3) is 11.0 Å². The van der Waals surface area contributed by atoms with Crippen molar-refractivity contribution in [2.45, 2.75) is 32.7 Å². The van der Waals surface area contributed by atoms with Crippen molar-refractivity contribution < 1.29 is 9.18 Å². The summed E-state index contributed by atoms with van der Waals surface area (Å²) in [5.74, 6) is 0.766. The van der Waals surface area contributed by atoms with E-state index in [-0.39, 0.29) is 36.5 Å². The predicted octanol–water partition coefficient (Wildman–Crippen LogP) is 2.59. The van der Waals surface area contributed by atoms with Crippen molar-refractivity contribution in [3.05, 3.63) is 29.8 Å². The molecule has 0 saturated heterocycles. The van der Waals surface area contributed by atoms with Crippen molar-refractivity contribution in [3.8, 4) is 0 Å². The number of rotatable bonds is 6. The number of aryl methyl sites for hydroxylation is 1. The average Bonchev–Trinajstić information content (AvgIpc) is 2.75. The second kappa shape index (κ2) is 9.81. The lowest BCUT2D eigenvalue weighted by atomic mass is 10.0. The summed E-state index contributed by atoms with van der Waals surface area (Å²) < 4.78 is 15.1. The molecule has 1 aromatic heterocycles. The van der Waals surface area contributed by atoms with Crippen molar-refractivity contribution in [1.29, 1.82) is 0 Å². The smallest absolute Gasteiger partial charge is 0.236 e. The molecular formula is C16H25Cl2FN4O. The van der Waals surface area contributed by atoms with E-state index >= 15 is 0 Å². The van der Waals surface area contributed by atoms with Crippen LogP contribution in [0.1, 0.15) is 26.1 Å². The number of fused-ring (bicyclic) bond motifs is 1. The molecule has 0 aliphatic rings. The van der Waals surface area contributed by atoms with Crippen molar-refractivity contribution in [1.82, 2.24) is 14.9 Å². The van der Waals surface area contributed by atoms with Crippen LogP contribution in [0, 0.1) is 11.7 Å². The Kier molecular flexibility index (Phi) is 9.25. The quantitative estimate of drug-likeness (QED) is 0.810. The highest BCUT2D eigenvalue weighted by Crippen LogP contribution is 2.16. The molecule has 3 N–H and O–H groups in total. The zero-order chi connectivity index (χ0) is 16.3. The van der Waals surface area contributed by atoms with Gasteiger partial charge >= 0.3 is 0 Å². The minimum atomic E-state index is -0.477. The molecule has 136 valence electrons. The third-order valence-corrected chi connectivity index (χ3v) is 3.65. The van der Waals surface area contributed by atoms with E-state index in [9.17, 15) is 9.18 Å². The van der Waals surface area contributed by atoms with Gasteiger partial charge in [0.05, 0.1) is 17.1 Å². The lowest BCUT2D eigenvalue weighted by Gasteiger charge is -2.14. The number of nitrogens with zero attached hydrogens (tertiary/aromatic N) is 2. The summed E-state index contributed by atoms with van der Waals surface area (Å²) in [5, 5.41) is 2.83. The van der Waals surface area contributed by atoms with Gasteiger partial charge in [0, 0.05) is 20.0 Å². The molecule has 1 heterocycles. The second-order valence-corrected chi connectivity index (χ2v) is 6.00. The van der Waals surface area contributed by atoms with Crippen LogP contribution in [0.3, 0.4) is 0 Å². The Bertz CT molecular complexity index is 675. The Hall–Kier alpha value is -1.37. The van der Waals surface area contributed by atoms with Crippen LogP contribution in [0.5, 0.6) is 0 Å². The van der Waals surface area contributed by atoms with Gasteiger partial charge in [-0.3, -0.25) is 4.79 Å². The summed E-state index contributed by atoms with van der Waals surface area (Å²) in [6.07, 6.45) is 1.24. The third-order valence-electron chi connectivity index (χ3n) is 3.65. The summed E-state index contributed by atoms with van der Waals surface area (Å²) in [6.45, 7) is 4.53. The third kappa shape index (κ3) is 5.61. The Morgan fingerprint density at radius 3 is 2.67 bits per heavy atom. The van der Waals surface area contributed by atoms with Gasteiger partial charge in [0.2, 0.25) is 5.91 Å². The van der Waals surface area contributed by atoms with Crippen molar-refractivity contribution in [3.63, 3.8) is 0 Å². The van der Waals surface area contributed by atoms with Crippen LogP contribution < -0.4 is 11.1 Å². The fourth-order valence-corrected chi connectivity index (χ4v) is 2.48.